The fourth-order valence-corrected chi connectivity index (χ4v) is 2.48. The first-order chi connectivity index (χ1) is 7.54. The number of likely N-dealkylation sites (tertiary alicyclic amines) is 1. The third kappa shape index (κ3) is 2.20. The topological polar surface area (TPSA) is 58.4 Å². The summed E-state index contributed by atoms with van der Waals surface area (Å²) in [6.45, 7) is 2.09. The van der Waals surface area contributed by atoms with E-state index < -0.39 is 5.41 Å². The van der Waals surface area contributed by atoms with Crippen LogP contribution < -0.4 is 11.1 Å². The first kappa shape index (κ1) is 11.8. The van der Waals surface area contributed by atoms with Crippen molar-refractivity contribution >= 4 is 23.1 Å². The molecule has 3 N–H and O–H groups in total. The lowest BCUT2D eigenvalue weighted by Crippen LogP contribution is -2.48. The lowest BCUT2D eigenvalue weighted by Gasteiger charge is -2.30. The molecule has 2 rings (SSSR count). The second kappa shape index (κ2) is 4.30. The molecule has 0 unspecified atom stereocenters. The van der Waals surface area contributed by atoms with E-state index in [9.17, 15) is 4.79 Å². The Labute approximate surface area is 102 Å². The number of nitrogens with two attached hydrogens (primary N) is 1. The Morgan fingerprint density at radius 1 is 1.44 bits per heavy atom. The van der Waals surface area contributed by atoms with Crippen molar-refractivity contribution in [3.63, 3.8) is 0 Å². The Morgan fingerprint density at radius 2 is 2.00 bits per heavy atom. The van der Waals surface area contributed by atoms with Crippen LogP contribution in [0.2, 0.25) is 0 Å². The van der Waals surface area contributed by atoms with Crippen molar-refractivity contribution in [1.82, 2.24) is 10.2 Å². The van der Waals surface area contributed by atoms with Crippen LogP contribution in [0.5, 0.6) is 0 Å². The molecule has 0 radical (unpaired) electrons. The molecular formula is C11H19N3OS. The molecule has 0 bridgehead atoms. The van der Waals surface area contributed by atoms with Crippen molar-refractivity contribution in [2.24, 2.45) is 11.1 Å². The minimum absolute atomic E-state index is 0.0505. The number of thiocarbonyl (C=S) groups is 1. The summed E-state index contributed by atoms with van der Waals surface area (Å²) in [6.07, 6.45) is 3.69. The van der Waals surface area contributed by atoms with Crippen LogP contribution in [0.1, 0.15) is 25.7 Å². The SMILES string of the molecule is CN1CCC(NC(=O)C2(C(N)=S)CC2)CC1. The average Bonchev–Trinajstić information content (AvgIpc) is 3.02. The smallest absolute Gasteiger partial charge is 0.233 e. The van der Waals surface area contributed by atoms with Gasteiger partial charge < -0.3 is 16.0 Å². The van der Waals surface area contributed by atoms with E-state index >= 15 is 0 Å². The number of hydrogen-bond donors (Lipinski definition) is 2. The summed E-state index contributed by atoms with van der Waals surface area (Å²) in [7, 11) is 2.11. The van der Waals surface area contributed by atoms with E-state index in [-0.39, 0.29) is 5.91 Å². The predicted octanol–water partition coefficient (Wildman–Crippen LogP) is 0.263. The third-order valence-corrected chi connectivity index (χ3v) is 4.10. The summed E-state index contributed by atoms with van der Waals surface area (Å²) in [5.41, 5.74) is 5.12. The van der Waals surface area contributed by atoms with E-state index in [4.69, 9.17) is 18.0 Å². The molecule has 16 heavy (non-hydrogen) atoms. The van der Waals surface area contributed by atoms with Gasteiger partial charge in [-0.15, -0.1) is 0 Å². The molecule has 2 aliphatic rings. The predicted molar refractivity (Wildman–Crippen MR) is 67.1 cm³/mol. The Bertz CT molecular complexity index is 306. The van der Waals surface area contributed by atoms with Crippen molar-refractivity contribution in [2.45, 2.75) is 31.7 Å². The van der Waals surface area contributed by atoms with Crippen molar-refractivity contribution in [3.8, 4) is 0 Å². The Morgan fingerprint density at radius 3 is 2.44 bits per heavy atom. The van der Waals surface area contributed by atoms with Crippen LogP contribution in [0.3, 0.4) is 0 Å². The maximum atomic E-state index is 12.0. The highest BCUT2D eigenvalue weighted by Crippen LogP contribution is 2.46. The molecule has 1 aliphatic heterocycles. The lowest BCUT2D eigenvalue weighted by molar-refractivity contribution is -0.125. The number of piperidine rings is 1. The molecule has 1 heterocycles. The maximum absolute atomic E-state index is 12.0. The minimum Gasteiger partial charge on any atom is -0.392 e. The van der Waals surface area contributed by atoms with Crippen LogP contribution in [0.25, 0.3) is 0 Å². The van der Waals surface area contributed by atoms with E-state index in [2.05, 4.69) is 17.3 Å². The Hall–Kier alpha value is -0.680. The largest absolute Gasteiger partial charge is 0.392 e. The standard InChI is InChI=1S/C11H19N3OS/c1-14-6-2-8(3-7-14)13-10(15)11(4-5-11)9(12)16/h8H,2-7H2,1H3,(H2,12,16)(H,13,15). The molecule has 4 nitrogen and oxygen atoms in total. The molecule has 5 heteroatoms. The van der Waals surface area contributed by atoms with Gasteiger partial charge in [0.1, 0.15) is 0 Å². The zero-order valence-electron chi connectivity index (χ0n) is 9.66. The number of hydrogen-bond acceptors (Lipinski definition) is 3. The second-order valence-corrected chi connectivity index (χ2v) is 5.44. The van der Waals surface area contributed by atoms with Gasteiger partial charge in [0.15, 0.2) is 0 Å². The number of carbonyl (C=O) groups excluding carboxylic acids is 1. The molecule has 1 amide bonds. The zero-order valence-corrected chi connectivity index (χ0v) is 10.5. The molecule has 1 saturated heterocycles. The van der Waals surface area contributed by atoms with Gasteiger partial charge in [0, 0.05) is 6.04 Å². The molecule has 0 aromatic rings. The highest BCUT2D eigenvalue weighted by Gasteiger charge is 2.53. The molecular weight excluding hydrogens is 222 g/mol. The van der Waals surface area contributed by atoms with E-state index in [1.165, 1.54) is 0 Å². The van der Waals surface area contributed by atoms with E-state index in [0.717, 1.165) is 38.8 Å². The molecule has 0 aromatic heterocycles. The second-order valence-electron chi connectivity index (χ2n) is 5.00. The van der Waals surface area contributed by atoms with Gasteiger partial charge in [-0.2, -0.15) is 0 Å². The van der Waals surface area contributed by atoms with E-state index in [1.807, 2.05) is 0 Å². The van der Waals surface area contributed by atoms with E-state index in [0.29, 0.717) is 11.0 Å². The fourth-order valence-electron chi connectivity index (χ4n) is 2.19. The van der Waals surface area contributed by atoms with Crippen LogP contribution in [0.4, 0.5) is 0 Å². The van der Waals surface area contributed by atoms with Gasteiger partial charge >= 0.3 is 0 Å². The maximum Gasteiger partial charge on any atom is 0.233 e. The summed E-state index contributed by atoms with van der Waals surface area (Å²) in [5.74, 6) is 0.0505. The molecule has 1 aliphatic carbocycles. The summed E-state index contributed by atoms with van der Waals surface area (Å²) in [5, 5.41) is 3.09. The number of nitrogens with one attached hydrogen (secondary N) is 1. The number of rotatable bonds is 3. The van der Waals surface area contributed by atoms with Crippen LogP contribution >= 0.6 is 12.2 Å². The van der Waals surface area contributed by atoms with Crippen LogP contribution in [0.15, 0.2) is 0 Å². The van der Waals surface area contributed by atoms with Crippen molar-refractivity contribution in [3.05, 3.63) is 0 Å². The fraction of sp³-hybridized carbons (Fsp3) is 0.818. The van der Waals surface area contributed by atoms with Crippen LogP contribution in [-0.4, -0.2) is 42.0 Å². The van der Waals surface area contributed by atoms with Gasteiger partial charge in [-0.3, -0.25) is 4.79 Å². The lowest BCUT2D eigenvalue weighted by atomic mass is 10.0. The van der Waals surface area contributed by atoms with Crippen molar-refractivity contribution in [1.29, 1.82) is 0 Å². The van der Waals surface area contributed by atoms with Gasteiger partial charge in [-0.1, -0.05) is 12.2 Å². The molecule has 0 atom stereocenters. The monoisotopic (exact) mass is 241 g/mol. The van der Waals surface area contributed by atoms with Crippen LogP contribution in [0, 0.1) is 5.41 Å². The quantitative estimate of drug-likeness (QED) is 0.696. The van der Waals surface area contributed by atoms with Crippen LogP contribution in [-0.2, 0) is 4.79 Å². The molecule has 0 aromatic carbocycles. The Balaban J connectivity index is 1.86. The molecule has 90 valence electrons. The van der Waals surface area contributed by atoms with Gasteiger partial charge in [-0.05, 0) is 45.8 Å². The number of amides is 1. The summed E-state index contributed by atoms with van der Waals surface area (Å²) < 4.78 is 0. The van der Waals surface area contributed by atoms with Gasteiger partial charge in [0.25, 0.3) is 0 Å². The minimum atomic E-state index is -0.501. The van der Waals surface area contributed by atoms with Crippen molar-refractivity contribution in [2.75, 3.05) is 20.1 Å². The number of carbonyl (C=O) groups is 1. The van der Waals surface area contributed by atoms with Gasteiger partial charge in [0.2, 0.25) is 5.91 Å². The summed E-state index contributed by atoms with van der Waals surface area (Å²) >= 11 is 4.97. The van der Waals surface area contributed by atoms with Crippen molar-refractivity contribution < 1.29 is 4.79 Å². The Kier molecular flexibility index (Phi) is 3.17. The highest BCUT2D eigenvalue weighted by molar-refractivity contribution is 7.80. The van der Waals surface area contributed by atoms with E-state index in [1.54, 1.807) is 0 Å². The molecule has 1 saturated carbocycles. The first-order valence-electron chi connectivity index (χ1n) is 5.84. The zero-order chi connectivity index (χ0) is 11.8. The summed E-state index contributed by atoms with van der Waals surface area (Å²) in [4.78, 5) is 14.7. The normalized spacial score (nSPS) is 25.1. The molecule has 2 fully saturated rings. The summed E-state index contributed by atoms with van der Waals surface area (Å²) in [6, 6.07) is 0.301. The van der Waals surface area contributed by atoms with Gasteiger partial charge in [-0.25, -0.2) is 0 Å². The third-order valence-electron chi connectivity index (χ3n) is 3.71. The average molecular weight is 241 g/mol. The number of nitrogens with zero attached hydrogens (tertiary/aromatic N) is 1. The van der Waals surface area contributed by atoms with Gasteiger partial charge in [0.05, 0.1) is 10.4 Å². The molecule has 0 spiro atoms. The highest BCUT2D eigenvalue weighted by atomic mass is 32.1. The first-order valence-corrected chi connectivity index (χ1v) is 6.25.